The molecule has 1 N–H and O–H groups in total. The fourth-order valence-corrected chi connectivity index (χ4v) is 2.81. The number of hydrogen-bond acceptors (Lipinski definition) is 4. The lowest BCUT2D eigenvalue weighted by atomic mass is 10.1. The van der Waals surface area contributed by atoms with Gasteiger partial charge in [-0.05, 0) is 23.8 Å². The van der Waals surface area contributed by atoms with E-state index in [-0.39, 0.29) is 5.56 Å². The Balaban J connectivity index is 1.93. The number of ether oxygens (including phenoxy) is 1. The standard InChI is InChI=1S/C18H14BrNO4/c1-23-15-9-13(19)7-12-8-14(18(22)24-16(12)15)17(21)20-10-11-5-3-2-4-6-11/h2-9H,10H2,1H3,(H,20,21). The minimum Gasteiger partial charge on any atom is -0.493 e. The molecular formula is C18H14BrNO4. The number of carbonyl (C=O) groups is 1. The largest absolute Gasteiger partial charge is 0.493 e. The lowest BCUT2D eigenvalue weighted by Crippen LogP contribution is -2.27. The summed E-state index contributed by atoms with van der Waals surface area (Å²) in [6.07, 6.45) is 0. The molecule has 3 rings (SSSR count). The molecule has 0 aliphatic rings. The second-order valence-electron chi connectivity index (χ2n) is 5.14. The summed E-state index contributed by atoms with van der Waals surface area (Å²) in [4.78, 5) is 24.5. The predicted octanol–water partition coefficient (Wildman–Crippen LogP) is 3.49. The van der Waals surface area contributed by atoms with Crippen molar-refractivity contribution in [3.63, 3.8) is 0 Å². The SMILES string of the molecule is COc1cc(Br)cc2cc(C(=O)NCc3ccccc3)c(=O)oc12. The van der Waals surface area contributed by atoms with E-state index in [0.29, 0.717) is 23.3 Å². The van der Waals surface area contributed by atoms with E-state index in [2.05, 4.69) is 21.2 Å². The van der Waals surface area contributed by atoms with Crippen LogP contribution in [-0.4, -0.2) is 13.0 Å². The molecule has 5 nitrogen and oxygen atoms in total. The quantitative estimate of drug-likeness (QED) is 0.695. The molecule has 0 atom stereocenters. The van der Waals surface area contributed by atoms with Crippen LogP contribution in [0.4, 0.5) is 0 Å². The zero-order chi connectivity index (χ0) is 17.1. The predicted molar refractivity (Wildman–Crippen MR) is 94.3 cm³/mol. The third-order valence-corrected chi connectivity index (χ3v) is 3.98. The minimum atomic E-state index is -0.700. The summed E-state index contributed by atoms with van der Waals surface area (Å²) in [7, 11) is 1.49. The van der Waals surface area contributed by atoms with E-state index in [1.807, 2.05) is 30.3 Å². The van der Waals surface area contributed by atoms with Gasteiger partial charge < -0.3 is 14.5 Å². The van der Waals surface area contributed by atoms with Crippen molar-refractivity contribution in [3.8, 4) is 5.75 Å². The van der Waals surface area contributed by atoms with Crippen LogP contribution < -0.4 is 15.7 Å². The normalized spacial score (nSPS) is 10.6. The average molecular weight is 388 g/mol. The first-order valence-electron chi connectivity index (χ1n) is 7.22. The Kier molecular flexibility index (Phi) is 4.66. The van der Waals surface area contributed by atoms with Crippen molar-refractivity contribution in [1.82, 2.24) is 5.32 Å². The number of methoxy groups -OCH3 is 1. The summed E-state index contributed by atoms with van der Waals surface area (Å²) in [6.45, 7) is 0.332. The third kappa shape index (κ3) is 3.33. The summed E-state index contributed by atoms with van der Waals surface area (Å²) in [6, 6.07) is 14.4. The van der Waals surface area contributed by atoms with Crippen LogP contribution in [0.25, 0.3) is 11.0 Å². The van der Waals surface area contributed by atoms with Crippen LogP contribution in [0.15, 0.2) is 62.2 Å². The van der Waals surface area contributed by atoms with Crippen molar-refractivity contribution in [2.45, 2.75) is 6.54 Å². The van der Waals surface area contributed by atoms with Crippen LogP contribution >= 0.6 is 15.9 Å². The van der Waals surface area contributed by atoms with Crippen molar-refractivity contribution in [1.29, 1.82) is 0 Å². The first kappa shape index (κ1) is 16.3. The smallest absolute Gasteiger partial charge is 0.349 e. The number of hydrogen-bond donors (Lipinski definition) is 1. The molecule has 0 spiro atoms. The number of benzene rings is 2. The summed E-state index contributed by atoms with van der Waals surface area (Å²) in [5, 5.41) is 3.32. The van der Waals surface area contributed by atoms with Crippen LogP contribution in [0.1, 0.15) is 15.9 Å². The van der Waals surface area contributed by atoms with Crippen LogP contribution in [-0.2, 0) is 6.54 Å². The highest BCUT2D eigenvalue weighted by Gasteiger charge is 2.16. The molecule has 1 aromatic heterocycles. The Morgan fingerprint density at radius 1 is 1.21 bits per heavy atom. The molecule has 0 saturated heterocycles. The van der Waals surface area contributed by atoms with Gasteiger partial charge in [-0.15, -0.1) is 0 Å². The number of amides is 1. The topological polar surface area (TPSA) is 68.5 Å². The molecule has 6 heteroatoms. The van der Waals surface area contributed by atoms with Gasteiger partial charge in [-0.2, -0.15) is 0 Å². The van der Waals surface area contributed by atoms with Gasteiger partial charge in [0.25, 0.3) is 5.91 Å². The Bertz CT molecular complexity index is 950. The van der Waals surface area contributed by atoms with Crippen LogP contribution in [0.5, 0.6) is 5.75 Å². The van der Waals surface area contributed by atoms with Gasteiger partial charge in [-0.1, -0.05) is 46.3 Å². The van der Waals surface area contributed by atoms with E-state index < -0.39 is 11.5 Å². The highest BCUT2D eigenvalue weighted by Crippen LogP contribution is 2.29. The maximum Gasteiger partial charge on any atom is 0.349 e. The van der Waals surface area contributed by atoms with Crippen molar-refractivity contribution in [2.24, 2.45) is 0 Å². The lowest BCUT2D eigenvalue weighted by molar-refractivity contribution is 0.0947. The number of nitrogens with one attached hydrogen (secondary N) is 1. The van der Waals surface area contributed by atoms with Crippen molar-refractivity contribution < 1.29 is 13.9 Å². The van der Waals surface area contributed by atoms with Gasteiger partial charge in [0.15, 0.2) is 11.3 Å². The van der Waals surface area contributed by atoms with Crippen molar-refractivity contribution in [2.75, 3.05) is 7.11 Å². The molecule has 122 valence electrons. The molecule has 0 bridgehead atoms. The minimum absolute atomic E-state index is 0.0430. The highest BCUT2D eigenvalue weighted by atomic mass is 79.9. The molecule has 0 saturated carbocycles. The Morgan fingerprint density at radius 3 is 2.67 bits per heavy atom. The number of halogens is 1. The van der Waals surface area contributed by atoms with E-state index in [4.69, 9.17) is 9.15 Å². The fourth-order valence-electron chi connectivity index (χ4n) is 2.35. The van der Waals surface area contributed by atoms with E-state index in [9.17, 15) is 9.59 Å². The molecule has 0 aliphatic carbocycles. The molecular weight excluding hydrogens is 374 g/mol. The van der Waals surface area contributed by atoms with Crippen molar-refractivity contribution >= 4 is 32.8 Å². The van der Waals surface area contributed by atoms with Crippen molar-refractivity contribution in [3.05, 3.63) is 74.6 Å². The van der Waals surface area contributed by atoms with E-state index in [1.165, 1.54) is 13.2 Å². The molecule has 3 aromatic rings. The first-order chi connectivity index (χ1) is 11.6. The van der Waals surface area contributed by atoms with Gasteiger partial charge in [0.05, 0.1) is 7.11 Å². The lowest BCUT2D eigenvalue weighted by Gasteiger charge is -2.08. The molecule has 1 heterocycles. The van der Waals surface area contributed by atoms with Gasteiger partial charge in [-0.3, -0.25) is 4.79 Å². The summed E-state index contributed by atoms with van der Waals surface area (Å²) in [5.41, 5.74) is 0.512. The average Bonchev–Trinajstić information content (AvgIpc) is 2.59. The number of rotatable bonds is 4. The first-order valence-corrected chi connectivity index (χ1v) is 8.01. The molecule has 0 radical (unpaired) electrons. The highest BCUT2D eigenvalue weighted by molar-refractivity contribution is 9.10. The fraction of sp³-hybridized carbons (Fsp3) is 0.111. The number of fused-ring (bicyclic) bond motifs is 1. The molecule has 0 fully saturated rings. The maximum absolute atomic E-state index is 12.3. The second-order valence-corrected chi connectivity index (χ2v) is 6.06. The molecule has 1 amide bonds. The Hall–Kier alpha value is -2.60. The molecule has 0 unspecified atom stereocenters. The van der Waals surface area contributed by atoms with Crippen LogP contribution in [0, 0.1) is 0 Å². The van der Waals surface area contributed by atoms with Crippen LogP contribution in [0.2, 0.25) is 0 Å². The third-order valence-electron chi connectivity index (χ3n) is 3.52. The van der Waals surface area contributed by atoms with Gasteiger partial charge >= 0.3 is 5.63 Å². The Morgan fingerprint density at radius 2 is 1.96 bits per heavy atom. The maximum atomic E-state index is 12.3. The molecule has 0 aliphatic heterocycles. The summed E-state index contributed by atoms with van der Waals surface area (Å²) in [5.74, 6) is -0.0545. The zero-order valence-electron chi connectivity index (χ0n) is 12.8. The zero-order valence-corrected chi connectivity index (χ0v) is 14.4. The summed E-state index contributed by atoms with van der Waals surface area (Å²) >= 11 is 3.37. The Labute approximate surface area is 146 Å². The molecule has 24 heavy (non-hydrogen) atoms. The monoisotopic (exact) mass is 387 g/mol. The molecule has 2 aromatic carbocycles. The summed E-state index contributed by atoms with van der Waals surface area (Å²) < 4.78 is 11.2. The van der Waals surface area contributed by atoms with E-state index in [1.54, 1.807) is 12.1 Å². The number of carbonyl (C=O) groups excluding carboxylic acids is 1. The van der Waals surface area contributed by atoms with Gasteiger partial charge in [-0.25, -0.2) is 4.79 Å². The van der Waals surface area contributed by atoms with E-state index >= 15 is 0 Å². The van der Waals surface area contributed by atoms with Gasteiger partial charge in [0.2, 0.25) is 0 Å². The van der Waals surface area contributed by atoms with Crippen LogP contribution in [0.3, 0.4) is 0 Å². The van der Waals surface area contributed by atoms with Gasteiger partial charge in [0.1, 0.15) is 5.56 Å². The second kappa shape index (κ2) is 6.88. The van der Waals surface area contributed by atoms with Gasteiger partial charge in [0, 0.05) is 16.4 Å². The van der Waals surface area contributed by atoms with E-state index in [0.717, 1.165) is 10.0 Å².